The number of thiazole rings is 1. The highest BCUT2D eigenvalue weighted by atomic mass is 32.1. The smallest absolute Gasteiger partial charge is 0.0949 e. The second-order valence-corrected chi connectivity index (χ2v) is 5.49. The van der Waals surface area contributed by atoms with Gasteiger partial charge in [-0.3, -0.25) is 0 Å². The number of hydrogen-bond donors (Lipinski definition) is 1. The van der Waals surface area contributed by atoms with Crippen molar-refractivity contribution in [3.05, 3.63) is 40.7 Å². The van der Waals surface area contributed by atoms with Crippen LogP contribution in [0.2, 0.25) is 0 Å². The zero-order valence-electron chi connectivity index (χ0n) is 11.4. The number of nitrogens with zero attached hydrogens (tertiary/aromatic N) is 1. The molecule has 0 spiro atoms. The Morgan fingerprint density at radius 2 is 2.05 bits per heavy atom. The summed E-state index contributed by atoms with van der Waals surface area (Å²) in [6, 6.07) is 10.2. The molecule has 0 fully saturated rings. The summed E-state index contributed by atoms with van der Waals surface area (Å²) in [5.41, 5.74) is 8.34. The first-order valence-electron chi connectivity index (χ1n) is 6.52. The molecule has 0 saturated carbocycles. The Morgan fingerprint density at radius 1 is 1.32 bits per heavy atom. The summed E-state index contributed by atoms with van der Waals surface area (Å²) >= 11 is 1.66. The largest absolute Gasteiger partial charge is 0.380 e. The second-order valence-electron chi connectivity index (χ2n) is 4.54. The molecule has 0 aliphatic rings. The summed E-state index contributed by atoms with van der Waals surface area (Å²) in [6.45, 7) is 2.09. The molecule has 2 atom stereocenters. The van der Waals surface area contributed by atoms with Crippen LogP contribution in [0.4, 0.5) is 0 Å². The first kappa shape index (κ1) is 14.2. The lowest BCUT2D eigenvalue weighted by atomic mass is 10.1. The van der Waals surface area contributed by atoms with E-state index in [9.17, 15) is 0 Å². The van der Waals surface area contributed by atoms with E-state index in [0.29, 0.717) is 0 Å². The lowest BCUT2D eigenvalue weighted by Gasteiger charge is -2.19. The number of benzene rings is 1. The number of ether oxygens (including phenoxy) is 1. The van der Waals surface area contributed by atoms with E-state index >= 15 is 0 Å². The van der Waals surface area contributed by atoms with Gasteiger partial charge in [0.1, 0.15) is 0 Å². The van der Waals surface area contributed by atoms with Gasteiger partial charge in [-0.15, -0.1) is 11.3 Å². The summed E-state index contributed by atoms with van der Waals surface area (Å²) in [5, 5.41) is 3.16. The Morgan fingerprint density at radius 3 is 2.68 bits per heavy atom. The number of nitrogens with two attached hydrogens (primary N) is 1. The van der Waals surface area contributed by atoms with Crippen LogP contribution in [0.1, 0.15) is 18.4 Å². The highest BCUT2D eigenvalue weighted by Crippen LogP contribution is 2.22. The standard InChI is InChI=1S/C15H20N2OS/c1-3-14(18-2)12(16)9-15-17-13(10-19-15)11-7-5-4-6-8-11/h4-8,10,12,14H,3,9,16H2,1-2H3. The van der Waals surface area contributed by atoms with E-state index in [2.05, 4.69) is 29.4 Å². The summed E-state index contributed by atoms with van der Waals surface area (Å²) in [5.74, 6) is 0. The molecule has 0 aliphatic carbocycles. The molecule has 2 aromatic rings. The lowest BCUT2D eigenvalue weighted by Crippen LogP contribution is -2.37. The van der Waals surface area contributed by atoms with Gasteiger partial charge in [0.15, 0.2) is 0 Å². The van der Waals surface area contributed by atoms with Crippen molar-refractivity contribution in [2.75, 3.05) is 7.11 Å². The van der Waals surface area contributed by atoms with E-state index in [1.54, 1.807) is 18.4 Å². The molecule has 0 radical (unpaired) electrons. The van der Waals surface area contributed by atoms with Crippen molar-refractivity contribution in [3.8, 4) is 11.3 Å². The van der Waals surface area contributed by atoms with E-state index in [0.717, 1.165) is 29.1 Å². The van der Waals surface area contributed by atoms with Gasteiger partial charge in [-0.25, -0.2) is 4.98 Å². The molecule has 0 aliphatic heterocycles. The van der Waals surface area contributed by atoms with Crippen molar-refractivity contribution in [1.29, 1.82) is 0 Å². The molecule has 19 heavy (non-hydrogen) atoms. The Kier molecular flexibility index (Phi) is 5.07. The number of aromatic nitrogens is 1. The van der Waals surface area contributed by atoms with Crippen molar-refractivity contribution >= 4 is 11.3 Å². The van der Waals surface area contributed by atoms with Gasteiger partial charge >= 0.3 is 0 Å². The molecule has 0 amide bonds. The normalized spacial score (nSPS) is 14.3. The van der Waals surface area contributed by atoms with Crippen LogP contribution >= 0.6 is 11.3 Å². The molecule has 2 rings (SSSR count). The van der Waals surface area contributed by atoms with Crippen LogP contribution in [0.3, 0.4) is 0 Å². The van der Waals surface area contributed by atoms with Gasteiger partial charge in [-0.2, -0.15) is 0 Å². The van der Waals surface area contributed by atoms with Crippen molar-refractivity contribution in [3.63, 3.8) is 0 Å². The van der Waals surface area contributed by atoms with Crippen LogP contribution in [-0.4, -0.2) is 24.2 Å². The van der Waals surface area contributed by atoms with Crippen molar-refractivity contribution in [2.24, 2.45) is 5.73 Å². The van der Waals surface area contributed by atoms with Crippen LogP contribution in [0.25, 0.3) is 11.3 Å². The third kappa shape index (κ3) is 3.62. The Bertz CT molecular complexity index is 494. The molecular weight excluding hydrogens is 256 g/mol. The Balaban J connectivity index is 2.06. The fourth-order valence-electron chi connectivity index (χ4n) is 2.12. The molecule has 1 aromatic heterocycles. The third-order valence-corrected chi connectivity index (χ3v) is 4.09. The van der Waals surface area contributed by atoms with E-state index in [-0.39, 0.29) is 12.1 Å². The van der Waals surface area contributed by atoms with E-state index in [4.69, 9.17) is 10.5 Å². The average molecular weight is 276 g/mol. The maximum absolute atomic E-state index is 6.16. The molecule has 3 nitrogen and oxygen atoms in total. The fraction of sp³-hybridized carbons (Fsp3) is 0.400. The number of methoxy groups -OCH3 is 1. The molecule has 0 saturated heterocycles. The van der Waals surface area contributed by atoms with Crippen molar-refractivity contribution in [2.45, 2.75) is 31.9 Å². The molecule has 1 aromatic carbocycles. The van der Waals surface area contributed by atoms with Gasteiger partial charge in [-0.05, 0) is 6.42 Å². The third-order valence-electron chi connectivity index (χ3n) is 3.21. The zero-order valence-corrected chi connectivity index (χ0v) is 12.2. The minimum Gasteiger partial charge on any atom is -0.380 e. The highest BCUT2D eigenvalue weighted by molar-refractivity contribution is 7.09. The maximum atomic E-state index is 6.16. The molecule has 0 bridgehead atoms. The SMILES string of the molecule is CCC(OC)C(N)Cc1nc(-c2ccccc2)cs1. The fourth-order valence-corrected chi connectivity index (χ4v) is 3.00. The molecule has 4 heteroatoms. The predicted molar refractivity (Wildman–Crippen MR) is 80.3 cm³/mol. The quantitative estimate of drug-likeness (QED) is 0.882. The summed E-state index contributed by atoms with van der Waals surface area (Å²) in [4.78, 5) is 4.65. The second kappa shape index (κ2) is 6.80. The lowest BCUT2D eigenvalue weighted by molar-refractivity contribution is 0.0773. The molecule has 102 valence electrons. The van der Waals surface area contributed by atoms with Gasteiger partial charge in [0.25, 0.3) is 0 Å². The Hall–Kier alpha value is -1.23. The molecule has 2 unspecified atom stereocenters. The average Bonchev–Trinajstić information content (AvgIpc) is 2.89. The molecule has 2 N–H and O–H groups in total. The van der Waals surface area contributed by atoms with Crippen LogP contribution in [0.5, 0.6) is 0 Å². The maximum Gasteiger partial charge on any atom is 0.0949 e. The Labute approximate surface area is 118 Å². The van der Waals surface area contributed by atoms with Gasteiger partial charge in [0.05, 0.1) is 16.8 Å². The molecular formula is C15H20N2OS. The topological polar surface area (TPSA) is 48.1 Å². The van der Waals surface area contributed by atoms with Gasteiger partial charge < -0.3 is 10.5 Å². The van der Waals surface area contributed by atoms with E-state index < -0.39 is 0 Å². The first-order valence-corrected chi connectivity index (χ1v) is 7.40. The van der Waals surface area contributed by atoms with Crippen LogP contribution in [0.15, 0.2) is 35.7 Å². The minimum atomic E-state index is 0.00442. The number of rotatable bonds is 6. The summed E-state index contributed by atoms with van der Waals surface area (Å²) < 4.78 is 5.38. The monoisotopic (exact) mass is 276 g/mol. The zero-order chi connectivity index (χ0) is 13.7. The van der Waals surface area contributed by atoms with Crippen LogP contribution < -0.4 is 5.73 Å². The van der Waals surface area contributed by atoms with Gasteiger partial charge in [0.2, 0.25) is 0 Å². The predicted octanol–water partition coefficient (Wildman–Crippen LogP) is 3.10. The van der Waals surface area contributed by atoms with Crippen LogP contribution in [-0.2, 0) is 11.2 Å². The number of hydrogen-bond acceptors (Lipinski definition) is 4. The minimum absolute atomic E-state index is 0.00442. The van der Waals surface area contributed by atoms with E-state index in [1.807, 2.05) is 18.2 Å². The van der Waals surface area contributed by atoms with Gasteiger partial charge in [0, 0.05) is 30.5 Å². The van der Waals surface area contributed by atoms with Crippen molar-refractivity contribution < 1.29 is 4.74 Å². The van der Waals surface area contributed by atoms with Gasteiger partial charge in [-0.1, -0.05) is 37.3 Å². The van der Waals surface area contributed by atoms with Crippen LogP contribution in [0, 0.1) is 0 Å². The summed E-state index contributed by atoms with van der Waals surface area (Å²) in [7, 11) is 1.71. The summed E-state index contributed by atoms with van der Waals surface area (Å²) in [6.07, 6.45) is 1.79. The van der Waals surface area contributed by atoms with E-state index in [1.165, 1.54) is 0 Å². The molecule has 1 heterocycles. The first-order chi connectivity index (χ1) is 9.24. The van der Waals surface area contributed by atoms with Crippen molar-refractivity contribution in [1.82, 2.24) is 4.98 Å². The highest BCUT2D eigenvalue weighted by Gasteiger charge is 2.17.